The van der Waals surface area contributed by atoms with Crippen LogP contribution in [0.3, 0.4) is 0 Å². The molecular formula is C17H16FNO3S. The molecule has 0 radical (unpaired) electrons. The van der Waals surface area contributed by atoms with Gasteiger partial charge < -0.3 is 10.1 Å². The van der Waals surface area contributed by atoms with E-state index in [-0.39, 0.29) is 23.4 Å². The smallest absolute Gasteiger partial charge is 0.337 e. The molecule has 0 fully saturated rings. The van der Waals surface area contributed by atoms with Crippen molar-refractivity contribution in [2.24, 2.45) is 0 Å². The van der Waals surface area contributed by atoms with Gasteiger partial charge in [0.2, 0.25) is 5.91 Å². The van der Waals surface area contributed by atoms with Crippen LogP contribution in [0, 0.1) is 5.82 Å². The minimum atomic E-state index is -0.383. The second-order valence-corrected chi connectivity index (χ2v) is 5.73. The third kappa shape index (κ3) is 5.41. The molecule has 0 aliphatic carbocycles. The number of hydrogen-bond acceptors (Lipinski definition) is 4. The van der Waals surface area contributed by atoms with E-state index in [1.165, 1.54) is 43.1 Å². The molecule has 0 unspecified atom stereocenters. The van der Waals surface area contributed by atoms with Crippen molar-refractivity contribution in [3.63, 3.8) is 0 Å². The maximum absolute atomic E-state index is 12.8. The minimum absolute atomic E-state index is 0.161. The number of ether oxygens (including phenoxy) is 1. The average Bonchev–Trinajstić information content (AvgIpc) is 2.56. The van der Waals surface area contributed by atoms with Gasteiger partial charge in [-0.3, -0.25) is 4.79 Å². The standard InChI is InChI=1S/C17H16FNO3S/c1-22-17(21)13-4-2-3-12(9-13)10-23-11-16(20)19-15-7-5-14(18)6-8-15/h2-9H,10-11H2,1H3,(H,19,20). The largest absolute Gasteiger partial charge is 0.465 e. The Labute approximate surface area is 138 Å². The molecule has 0 heterocycles. The van der Waals surface area contributed by atoms with Gasteiger partial charge in [-0.2, -0.15) is 0 Å². The van der Waals surface area contributed by atoms with E-state index in [4.69, 9.17) is 0 Å². The van der Waals surface area contributed by atoms with Crippen molar-refractivity contribution in [2.45, 2.75) is 5.75 Å². The molecule has 23 heavy (non-hydrogen) atoms. The van der Waals surface area contributed by atoms with Gasteiger partial charge in [0, 0.05) is 11.4 Å². The summed E-state index contributed by atoms with van der Waals surface area (Å²) in [6, 6.07) is 12.7. The highest BCUT2D eigenvalue weighted by atomic mass is 32.2. The van der Waals surface area contributed by atoms with Crippen LogP contribution >= 0.6 is 11.8 Å². The monoisotopic (exact) mass is 333 g/mol. The lowest BCUT2D eigenvalue weighted by atomic mass is 10.1. The van der Waals surface area contributed by atoms with Gasteiger partial charge in [-0.05, 0) is 42.0 Å². The van der Waals surface area contributed by atoms with Gasteiger partial charge in [-0.15, -0.1) is 11.8 Å². The Morgan fingerprint density at radius 1 is 1.17 bits per heavy atom. The molecule has 0 aromatic heterocycles. The zero-order chi connectivity index (χ0) is 16.7. The fraction of sp³-hybridized carbons (Fsp3) is 0.176. The number of amides is 1. The lowest BCUT2D eigenvalue weighted by Gasteiger charge is -2.06. The molecule has 4 nitrogen and oxygen atoms in total. The Kier molecular flexibility index (Phi) is 6.17. The lowest BCUT2D eigenvalue weighted by molar-refractivity contribution is -0.113. The molecule has 2 aromatic rings. The van der Waals surface area contributed by atoms with E-state index in [1.807, 2.05) is 6.07 Å². The van der Waals surface area contributed by atoms with Crippen molar-refractivity contribution in [3.8, 4) is 0 Å². The van der Waals surface area contributed by atoms with Crippen LogP contribution in [0.1, 0.15) is 15.9 Å². The molecule has 0 aliphatic heterocycles. The summed E-state index contributed by atoms with van der Waals surface area (Å²) in [5, 5.41) is 2.69. The molecule has 6 heteroatoms. The number of carbonyl (C=O) groups excluding carboxylic acids is 2. The highest BCUT2D eigenvalue weighted by Crippen LogP contribution is 2.15. The van der Waals surface area contributed by atoms with Gasteiger partial charge in [0.05, 0.1) is 18.4 Å². The number of nitrogens with one attached hydrogen (secondary N) is 1. The predicted molar refractivity (Wildman–Crippen MR) is 89.0 cm³/mol. The van der Waals surface area contributed by atoms with Crippen molar-refractivity contribution in [1.82, 2.24) is 0 Å². The van der Waals surface area contributed by atoms with E-state index in [1.54, 1.807) is 18.2 Å². The van der Waals surface area contributed by atoms with Crippen molar-refractivity contribution in [1.29, 1.82) is 0 Å². The number of halogens is 1. The van der Waals surface area contributed by atoms with E-state index in [0.29, 0.717) is 17.0 Å². The molecule has 1 N–H and O–H groups in total. The van der Waals surface area contributed by atoms with Gasteiger partial charge in [0.25, 0.3) is 0 Å². The normalized spacial score (nSPS) is 10.2. The summed E-state index contributed by atoms with van der Waals surface area (Å²) >= 11 is 1.43. The van der Waals surface area contributed by atoms with Crippen LogP contribution in [0.4, 0.5) is 10.1 Å². The van der Waals surface area contributed by atoms with Crippen molar-refractivity contribution >= 4 is 29.3 Å². The van der Waals surface area contributed by atoms with Crippen molar-refractivity contribution < 1.29 is 18.7 Å². The van der Waals surface area contributed by atoms with Crippen LogP contribution in [-0.2, 0) is 15.3 Å². The Morgan fingerprint density at radius 3 is 2.61 bits per heavy atom. The SMILES string of the molecule is COC(=O)c1cccc(CSCC(=O)Nc2ccc(F)cc2)c1. The predicted octanol–water partition coefficient (Wildman–Crippen LogP) is 3.48. The molecule has 1 amide bonds. The Morgan fingerprint density at radius 2 is 1.91 bits per heavy atom. The fourth-order valence-electron chi connectivity index (χ4n) is 1.90. The van der Waals surface area contributed by atoms with Crippen LogP contribution in [0.25, 0.3) is 0 Å². The number of anilines is 1. The lowest BCUT2D eigenvalue weighted by Crippen LogP contribution is -2.14. The van der Waals surface area contributed by atoms with E-state index < -0.39 is 0 Å². The second-order valence-electron chi connectivity index (χ2n) is 4.74. The number of esters is 1. The molecular weight excluding hydrogens is 317 g/mol. The first-order valence-electron chi connectivity index (χ1n) is 6.89. The number of hydrogen-bond donors (Lipinski definition) is 1. The molecule has 0 saturated carbocycles. The molecule has 0 aliphatic rings. The number of carbonyl (C=O) groups is 2. The van der Waals surface area contributed by atoms with Crippen molar-refractivity contribution in [3.05, 3.63) is 65.5 Å². The molecule has 120 valence electrons. The quantitative estimate of drug-likeness (QED) is 0.822. The van der Waals surface area contributed by atoms with Crippen LogP contribution in [0.2, 0.25) is 0 Å². The second kappa shape index (κ2) is 8.33. The van der Waals surface area contributed by atoms with Gasteiger partial charge in [0.15, 0.2) is 0 Å². The molecule has 0 spiro atoms. The highest BCUT2D eigenvalue weighted by Gasteiger charge is 2.07. The third-order valence-electron chi connectivity index (χ3n) is 2.98. The van der Waals surface area contributed by atoms with E-state index in [0.717, 1.165) is 5.56 Å². The molecule has 0 bridgehead atoms. The third-order valence-corrected chi connectivity index (χ3v) is 3.98. The minimum Gasteiger partial charge on any atom is -0.465 e. The van der Waals surface area contributed by atoms with E-state index in [9.17, 15) is 14.0 Å². The Hall–Kier alpha value is -2.34. The van der Waals surface area contributed by atoms with Crippen LogP contribution in [0.15, 0.2) is 48.5 Å². The zero-order valence-corrected chi connectivity index (χ0v) is 13.4. The fourth-order valence-corrected chi connectivity index (χ4v) is 2.67. The average molecular weight is 333 g/mol. The summed E-state index contributed by atoms with van der Waals surface area (Å²) in [6.45, 7) is 0. The summed E-state index contributed by atoms with van der Waals surface area (Å²) in [7, 11) is 1.34. The first-order valence-corrected chi connectivity index (χ1v) is 8.04. The number of thioether (sulfide) groups is 1. The number of rotatable bonds is 6. The van der Waals surface area contributed by atoms with Crippen LogP contribution < -0.4 is 5.32 Å². The van der Waals surface area contributed by atoms with Gasteiger partial charge >= 0.3 is 5.97 Å². The molecule has 0 saturated heterocycles. The maximum atomic E-state index is 12.8. The summed E-state index contributed by atoms with van der Waals surface area (Å²) in [5.74, 6) is -0.0268. The van der Waals surface area contributed by atoms with Crippen molar-refractivity contribution in [2.75, 3.05) is 18.2 Å². The number of benzene rings is 2. The zero-order valence-electron chi connectivity index (χ0n) is 12.5. The number of methoxy groups -OCH3 is 1. The molecule has 0 atom stereocenters. The summed E-state index contributed by atoms with van der Waals surface area (Å²) in [4.78, 5) is 23.3. The van der Waals surface area contributed by atoms with E-state index >= 15 is 0 Å². The first kappa shape index (κ1) is 17.0. The van der Waals surface area contributed by atoms with Gasteiger partial charge in [-0.1, -0.05) is 12.1 Å². The Balaban J connectivity index is 1.81. The molecule has 2 rings (SSSR count). The van der Waals surface area contributed by atoms with Crippen LogP contribution in [-0.4, -0.2) is 24.7 Å². The van der Waals surface area contributed by atoms with Gasteiger partial charge in [-0.25, -0.2) is 9.18 Å². The molecule has 2 aromatic carbocycles. The van der Waals surface area contributed by atoms with E-state index in [2.05, 4.69) is 10.1 Å². The summed E-state index contributed by atoms with van der Waals surface area (Å²) in [5.41, 5.74) is 1.98. The van der Waals surface area contributed by atoms with Crippen LogP contribution in [0.5, 0.6) is 0 Å². The van der Waals surface area contributed by atoms with Gasteiger partial charge in [0.1, 0.15) is 5.82 Å². The topological polar surface area (TPSA) is 55.4 Å². The Bertz CT molecular complexity index is 688. The maximum Gasteiger partial charge on any atom is 0.337 e. The highest BCUT2D eigenvalue weighted by molar-refractivity contribution is 7.99. The first-order chi connectivity index (χ1) is 11.1. The summed E-state index contributed by atoms with van der Waals surface area (Å²) in [6.07, 6.45) is 0. The summed E-state index contributed by atoms with van der Waals surface area (Å²) < 4.78 is 17.5.